The monoisotopic (exact) mass is 714 g/mol. The molecule has 0 spiro atoms. The second kappa shape index (κ2) is 18.2. The van der Waals surface area contributed by atoms with Crippen molar-refractivity contribution in [3.05, 3.63) is 142 Å². The van der Waals surface area contributed by atoms with Crippen LogP contribution in [0.25, 0.3) is 0 Å². The molecule has 260 valence electrons. The summed E-state index contributed by atoms with van der Waals surface area (Å²) in [6.07, 6.45) is 5.96. The van der Waals surface area contributed by atoms with Gasteiger partial charge in [-0.1, -0.05) is 59.6 Å². The predicted octanol–water partition coefficient (Wildman–Crippen LogP) is 8.32. The zero-order chi connectivity index (χ0) is 35.3. The minimum Gasteiger partial charge on any atom is -0.493 e. The van der Waals surface area contributed by atoms with Crippen molar-refractivity contribution in [3.63, 3.8) is 0 Å². The van der Waals surface area contributed by atoms with Gasteiger partial charge in [-0.15, -0.1) is 13.2 Å². The molecule has 2 N–H and O–H groups in total. The van der Waals surface area contributed by atoms with Crippen molar-refractivity contribution in [1.29, 1.82) is 0 Å². The molecule has 50 heavy (non-hydrogen) atoms. The first-order chi connectivity index (χ1) is 24.4. The van der Waals surface area contributed by atoms with Crippen LogP contribution in [0.2, 0.25) is 10.0 Å². The number of nitrogens with one attached hydrogen (secondary N) is 2. The van der Waals surface area contributed by atoms with Crippen molar-refractivity contribution in [3.8, 4) is 23.0 Å². The van der Waals surface area contributed by atoms with Crippen LogP contribution in [-0.2, 0) is 26.1 Å². The van der Waals surface area contributed by atoms with E-state index in [4.69, 9.17) is 42.1 Å². The number of carbonyl (C=O) groups is 2. The molecule has 0 saturated heterocycles. The molecule has 0 unspecified atom stereocenters. The van der Waals surface area contributed by atoms with Gasteiger partial charge < -0.3 is 29.6 Å². The minimum atomic E-state index is -0.339. The molecule has 0 fully saturated rings. The van der Waals surface area contributed by atoms with Gasteiger partial charge in [-0.2, -0.15) is 0 Å². The summed E-state index contributed by atoms with van der Waals surface area (Å²) in [5, 5.41) is 6.89. The molecule has 0 aliphatic carbocycles. The van der Waals surface area contributed by atoms with Gasteiger partial charge in [0.05, 0.1) is 24.3 Å². The molecule has 2 amide bonds. The molecule has 0 bridgehead atoms. The Balaban J connectivity index is 1.42. The van der Waals surface area contributed by atoms with E-state index in [9.17, 15) is 9.59 Å². The maximum atomic E-state index is 13.5. The van der Waals surface area contributed by atoms with E-state index in [2.05, 4.69) is 23.8 Å². The van der Waals surface area contributed by atoms with E-state index in [1.807, 2.05) is 24.3 Å². The summed E-state index contributed by atoms with van der Waals surface area (Å²) in [4.78, 5) is 26.9. The Bertz CT molecular complexity index is 1710. The molecule has 0 radical (unpaired) electrons. The van der Waals surface area contributed by atoms with Crippen LogP contribution in [0, 0.1) is 0 Å². The maximum Gasteiger partial charge on any atom is 0.255 e. The second-order valence-corrected chi connectivity index (χ2v) is 12.4. The number of carbonyl (C=O) groups excluding carboxylic acids is 2. The highest BCUT2D eigenvalue weighted by molar-refractivity contribution is 6.31. The number of ether oxygens (including phenoxy) is 4. The summed E-state index contributed by atoms with van der Waals surface area (Å²) in [6, 6.07) is 21.6. The molecule has 10 heteroatoms. The second-order valence-electron chi connectivity index (χ2n) is 11.6. The van der Waals surface area contributed by atoms with Gasteiger partial charge in [0.1, 0.15) is 36.2 Å². The molecule has 1 heterocycles. The first-order valence-corrected chi connectivity index (χ1v) is 17.2. The number of hydrogen-bond donors (Lipinski definition) is 2. The van der Waals surface area contributed by atoms with E-state index < -0.39 is 0 Å². The normalized spacial score (nSPS) is 14.5. The first-order valence-electron chi connectivity index (χ1n) is 16.5. The highest BCUT2D eigenvalue weighted by Gasteiger charge is 2.20. The van der Waals surface area contributed by atoms with Gasteiger partial charge >= 0.3 is 0 Å². The molecule has 0 saturated carbocycles. The largest absolute Gasteiger partial charge is 0.493 e. The molecule has 4 aromatic rings. The SMILES string of the molecule is C=CCc1cccc2c1OCc1cc(Cl)ccc1OCCCCOc1ccc(Cl)cc1COc1c(CC=C)cccc1C(=O)NCCNC2=O. The number of halogens is 2. The standard InChI is InChI=1S/C40H40Cl2N2O6/c1-3-9-27-11-7-13-33-37(27)49-25-29-23-31(41)15-17-35(29)47-21-5-6-22-48-36-18-16-32(42)24-30(36)26-50-38-28(10-4-2)12-8-14-34(38)40(46)44-20-19-43-39(33)45/h3-4,7-8,11-18,23-24H,1-2,5-6,9-10,19-22,25-26H2,(H,43,45)(H,44,46). The average Bonchev–Trinajstić information content (AvgIpc) is 3.11. The fraction of sp³-hybridized carbons (Fsp3) is 0.250. The Hall–Kier alpha value is -4.92. The van der Waals surface area contributed by atoms with E-state index in [0.29, 0.717) is 70.2 Å². The molecule has 8 nitrogen and oxygen atoms in total. The topological polar surface area (TPSA) is 95.1 Å². The third-order valence-electron chi connectivity index (χ3n) is 7.95. The molecule has 4 aromatic carbocycles. The summed E-state index contributed by atoms with van der Waals surface area (Å²) in [6.45, 7) is 9.21. The quantitative estimate of drug-likeness (QED) is 0.207. The molecule has 5 rings (SSSR count). The van der Waals surface area contributed by atoms with Crippen molar-refractivity contribution in [2.45, 2.75) is 38.9 Å². The van der Waals surface area contributed by atoms with Crippen molar-refractivity contribution in [2.24, 2.45) is 0 Å². The number of amides is 2. The first kappa shape index (κ1) is 36.4. The smallest absolute Gasteiger partial charge is 0.255 e. The number of benzene rings is 4. The molecule has 0 aromatic heterocycles. The van der Waals surface area contributed by atoms with Gasteiger partial charge in [-0.25, -0.2) is 0 Å². The fourth-order valence-corrected chi connectivity index (χ4v) is 5.90. The lowest BCUT2D eigenvalue weighted by Gasteiger charge is -2.18. The molecular formula is C40H40Cl2N2O6. The molecule has 0 atom stereocenters. The average molecular weight is 716 g/mol. The van der Waals surface area contributed by atoms with Gasteiger partial charge in [0, 0.05) is 34.3 Å². The van der Waals surface area contributed by atoms with Gasteiger partial charge in [-0.05, 0) is 85.3 Å². The number of rotatable bonds is 4. The van der Waals surface area contributed by atoms with Gasteiger partial charge in [-0.3, -0.25) is 9.59 Å². The van der Waals surface area contributed by atoms with Crippen molar-refractivity contribution in [2.75, 3.05) is 26.3 Å². The van der Waals surface area contributed by atoms with Crippen LogP contribution >= 0.6 is 23.2 Å². The lowest BCUT2D eigenvalue weighted by molar-refractivity contribution is 0.0922. The van der Waals surface area contributed by atoms with Gasteiger partial charge in [0.25, 0.3) is 11.8 Å². The minimum absolute atomic E-state index is 0.123. The van der Waals surface area contributed by atoms with Crippen LogP contribution in [0.4, 0.5) is 0 Å². The molecule has 1 aliphatic rings. The summed E-state index contributed by atoms with van der Waals surface area (Å²) in [5.74, 6) is 1.48. The Morgan fingerprint density at radius 3 is 1.48 bits per heavy atom. The van der Waals surface area contributed by atoms with E-state index in [1.54, 1.807) is 60.7 Å². The van der Waals surface area contributed by atoms with Gasteiger partial charge in [0.15, 0.2) is 0 Å². The van der Waals surface area contributed by atoms with E-state index >= 15 is 0 Å². The number of para-hydroxylation sites is 2. The lowest BCUT2D eigenvalue weighted by atomic mass is 10.0. The highest BCUT2D eigenvalue weighted by Crippen LogP contribution is 2.31. The van der Waals surface area contributed by atoms with Crippen LogP contribution < -0.4 is 29.6 Å². The van der Waals surface area contributed by atoms with Crippen molar-refractivity contribution < 1.29 is 28.5 Å². The maximum absolute atomic E-state index is 13.5. The number of allylic oxidation sites excluding steroid dienone is 2. The van der Waals surface area contributed by atoms with E-state index in [-0.39, 0.29) is 38.1 Å². The van der Waals surface area contributed by atoms with Crippen LogP contribution in [-0.4, -0.2) is 38.1 Å². The predicted molar refractivity (Wildman–Crippen MR) is 197 cm³/mol. The van der Waals surface area contributed by atoms with Crippen molar-refractivity contribution >= 4 is 35.0 Å². The van der Waals surface area contributed by atoms with Crippen LogP contribution in [0.3, 0.4) is 0 Å². The van der Waals surface area contributed by atoms with E-state index in [1.165, 1.54) is 0 Å². The third-order valence-corrected chi connectivity index (χ3v) is 8.42. The Labute approximate surface area is 303 Å². The molecule has 1 aliphatic heterocycles. The fourth-order valence-electron chi connectivity index (χ4n) is 5.51. The summed E-state index contributed by atoms with van der Waals surface area (Å²) in [7, 11) is 0. The van der Waals surface area contributed by atoms with Crippen LogP contribution in [0.15, 0.2) is 98.1 Å². The summed E-state index contributed by atoms with van der Waals surface area (Å²) in [5.41, 5.74) is 3.83. The Morgan fingerprint density at radius 2 is 1.06 bits per heavy atom. The Kier molecular flexibility index (Phi) is 13.2. The zero-order valence-electron chi connectivity index (χ0n) is 27.8. The van der Waals surface area contributed by atoms with Gasteiger partial charge in [0.2, 0.25) is 0 Å². The molecular weight excluding hydrogens is 675 g/mol. The summed E-state index contributed by atoms with van der Waals surface area (Å²) < 4.78 is 25.0. The number of hydrogen-bond acceptors (Lipinski definition) is 6. The zero-order valence-corrected chi connectivity index (χ0v) is 29.3. The van der Waals surface area contributed by atoms with Crippen molar-refractivity contribution in [1.82, 2.24) is 10.6 Å². The third kappa shape index (κ3) is 9.61. The Morgan fingerprint density at radius 1 is 0.620 bits per heavy atom. The highest BCUT2D eigenvalue weighted by atomic mass is 35.5. The number of fused-ring (bicyclic) bond motifs is 4. The van der Waals surface area contributed by atoms with E-state index in [0.717, 1.165) is 35.1 Å². The summed E-state index contributed by atoms with van der Waals surface area (Å²) >= 11 is 12.7. The lowest BCUT2D eigenvalue weighted by Crippen LogP contribution is -2.35. The van der Waals surface area contributed by atoms with Crippen LogP contribution in [0.5, 0.6) is 23.0 Å². The van der Waals surface area contributed by atoms with Crippen LogP contribution in [0.1, 0.15) is 55.8 Å².